The molecular weight excluding hydrogens is 423 g/mol. The van der Waals surface area contributed by atoms with Gasteiger partial charge in [-0.15, -0.1) is 24.0 Å². The van der Waals surface area contributed by atoms with Crippen LogP contribution in [0.1, 0.15) is 12.5 Å². The van der Waals surface area contributed by atoms with Crippen LogP contribution in [0.25, 0.3) is 0 Å². The maximum atomic E-state index is 11.4. The highest BCUT2D eigenvalue weighted by atomic mass is 127. The van der Waals surface area contributed by atoms with Gasteiger partial charge in [0.15, 0.2) is 12.6 Å². The standard InChI is InChI=1S/C16H26N4O3.HI/c1-4-18-15(21)12-23-14-7-5-6-13(10-14)11-20-16(17-2)19-8-9-22-3;/h5-7,10H,4,8-9,11-12H2,1-3H3,(H,18,21)(H2,17,19,20);1H. The summed E-state index contributed by atoms with van der Waals surface area (Å²) in [5.41, 5.74) is 1.04. The second kappa shape index (κ2) is 13.8. The number of ether oxygens (including phenoxy) is 2. The largest absolute Gasteiger partial charge is 0.484 e. The number of aliphatic imine (C=N–C) groups is 1. The van der Waals surface area contributed by atoms with Gasteiger partial charge in [-0.3, -0.25) is 9.79 Å². The Kier molecular flexibility index (Phi) is 13.0. The Hall–Kier alpha value is -1.55. The third kappa shape index (κ3) is 9.56. The lowest BCUT2D eigenvalue weighted by molar-refractivity contribution is -0.122. The minimum Gasteiger partial charge on any atom is -0.484 e. The minimum atomic E-state index is -0.126. The number of methoxy groups -OCH3 is 1. The van der Waals surface area contributed by atoms with Crippen LogP contribution in [0.2, 0.25) is 0 Å². The average molecular weight is 450 g/mol. The van der Waals surface area contributed by atoms with Crippen molar-refractivity contribution in [2.45, 2.75) is 13.5 Å². The smallest absolute Gasteiger partial charge is 0.257 e. The number of carbonyl (C=O) groups excluding carboxylic acids is 1. The molecule has 1 aromatic rings. The topological polar surface area (TPSA) is 84.0 Å². The summed E-state index contributed by atoms with van der Waals surface area (Å²) in [6, 6.07) is 7.60. The van der Waals surface area contributed by atoms with Gasteiger partial charge in [-0.05, 0) is 24.6 Å². The van der Waals surface area contributed by atoms with Crippen molar-refractivity contribution < 1.29 is 14.3 Å². The van der Waals surface area contributed by atoms with Crippen LogP contribution < -0.4 is 20.7 Å². The molecule has 136 valence electrons. The molecule has 1 rings (SSSR count). The molecule has 0 saturated heterocycles. The Morgan fingerprint density at radius 1 is 1.25 bits per heavy atom. The van der Waals surface area contributed by atoms with E-state index < -0.39 is 0 Å². The van der Waals surface area contributed by atoms with Gasteiger partial charge >= 0.3 is 0 Å². The number of benzene rings is 1. The predicted molar refractivity (Wildman–Crippen MR) is 106 cm³/mol. The lowest BCUT2D eigenvalue weighted by Crippen LogP contribution is -2.38. The summed E-state index contributed by atoms with van der Waals surface area (Å²) in [5.74, 6) is 1.24. The SMILES string of the molecule is CCNC(=O)COc1cccc(CNC(=NC)NCCOC)c1.I. The van der Waals surface area contributed by atoms with E-state index in [0.717, 1.165) is 5.56 Å². The van der Waals surface area contributed by atoms with Crippen LogP contribution in [0, 0.1) is 0 Å². The molecule has 0 bridgehead atoms. The van der Waals surface area contributed by atoms with Crippen LogP contribution in [-0.4, -0.2) is 52.3 Å². The molecule has 1 aromatic carbocycles. The van der Waals surface area contributed by atoms with Crippen molar-refractivity contribution in [3.05, 3.63) is 29.8 Å². The van der Waals surface area contributed by atoms with Crippen molar-refractivity contribution in [1.82, 2.24) is 16.0 Å². The quantitative estimate of drug-likeness (QED) is 0.228. The van der Waals surface area contributed by atoms with Crippen LogP contribution in [-0.2, 0) is 16.1 Å². The van der Waals surface area contributed by atoms with Crippen LogP contribution in [0.3, 0.4) is 0 Å². The van der Waals surface area contributed by atoms with E-state index in [1.165, 1.54) is 0 Å². The molecule has 0 fully saturated rings. The van der Waals surface area contributed by atoms with Crippen LogP contribution in [0.15, 0.2) is 29.3 Å². The Labute approximate surface area is 160 Å². The number of guanidine groups is 1. The van der Waals surface area contributed by atoms with Gasteiger partial charge in [0.1, 0.15) is 5.75 Å². The number of likely N-dealkylation sites (N-methyl/N-ethyl adjacent to an activating group) is 1. The highest BCUT2D eigenvalue weighted by molar-refractivity contribution is 14.0. The van der Waals surface area contributed by atoms with E-state index in [0.29, 0.717) is 38.0 Å². The third-order valence-corrected chi connectivity index (χ3v) is 2.92. The first kappa shape index (κ1) is 22.4. The monoisotopic (exact) mass is 450 g/mol. The zero-order valence-corrected chi connectivity index (χ0v) is 16.8. The van der Waals surface area contributed by atoms with Crippen molar-refractivity contribution in [2.75, 3.05) is 40.5 Å². The molecule has 0 unspecified atom stereocenters. The normalized spacial score (nSPS) is 10.5. The van der Waals surface area contributed by atoms with Crippen molar-refractivity contribution in [2.24, 2.45) is 4.99 Å². The summed E-state index contributed by atoms with van der Waals surface area (Å²) in [4.78, 5) is 15.5. The average Bonchev–Trinajstić information content (AvgIpc) is 2.57. The van der Waals surface area contributed by atoms with E-state index in [4.69, 9.17) is 9.47 Å². The molecular formula is C16H27IN4O3. The van der Waals surface area contributed by atoms with Crippen LogP contribution >= 0.6 is 24.0 Å². The number of hydrogen-bond acceptors (Lipinski definition) is 4. The number of nitrogens with zero attached hydrogens (tertiary/aromatic N) is 1. The Morgan fingerprint density at radius 3 is 2.71 bits per heavy atom. The van der Waals surface area contributed by atoms with Gasteiger partial charge < -0.3 is 25.4 Å². The number of carbonyl (C=O) groups is 1. The van der Waals surface area contributed by atoms with E-state index in [9.17, 15) is 4.79 Å². The fourth-order valence-electron chi connectivity index (χ4n) is 1.82. The summed E-state index contributed by atoms with van der Waals surface area (Å²) in [6.07, 6.45) is 0. The number of amides is 1. The second-order valence-electron chi connectivity index (χ2n) is 4.73. The second-order valence-corrected chi connectivity index (χ2v) is 4.73. The zero-order chi connectivity index (χ0) is 16.9. The first-order valence-electron chi connectivity index (χ1n) is 7.61. The van der Waals surface area contributed by atoms with Gasteiger partial charge in [-0.2, -0.15) is 0 Å². The van der Waals surface area contributed by atoms with Gasteiger partial charge in [0.25, 0.3) is 5.91 Å². The van der Waals surface area contributed by atoms with E-state index in [-0.39, 0.29) is 36.5 Å². The number of nitrogens with one attached hydrogen (secondary N) is 3. The number of rotatable bonds is 9. The number of halogens is 1. The van der Waals surface area contributed by atoms with Crippen molar-refractivity contribution >= 4 is 35.8 Å². The highest BCUT2D eigenvalue weighted by Gasteiger charge is 2.03. The van der Waals surface area contributed by atoms with Gasteiger partial charge in [-0.25, -0.2) is 0 Å². The highest BCUT2D eigenvalue weighted by Crippen LogP contribution is 2.13. The molecule has 0 saturated carbocycles. The first-order valence-corrected chi connectivity index (χ1v) is 7.61. The Balaban J connectivity index is 0.00000529. The fourth-order valence-corrected chi connectivity index (χ4v) is 1.82. The molecule has 1 amide bonds. The molecule has 0 spiro atoms. The summed E-state index contributed by atoms with van der Waals surface area (Å²) in [5, 5.41) is 9.04. The van der Waals surface area contributed by atoms with Crippen LogP contribution in [0.5, 0.6) is 5.75 Å². The molecule has 3 N–H and O–H groups in total. The minimum absolute atomic E-state index is 0. The molecule has 24 heavy (non-hydrogen) atoms. The Bertz CT molecular complexity index is 512. The maximum Gasteiger partial charge on any atom is 0.257 e. The molecule has 0 radical (unpaired) electrons. The number of hydrogen-bond donors (Lipinski definition) is 3. The molecule has 7 nitrogen and oxygen atoms in total. The summed E-state index contributed by atoms with van der Waals surface area (Å²) in [7, 11) is 3.37. The van der Waals surface area contributed by atoms with E-state index in [1.54, 1.807) is 14.2 Å². The third-order valence-electron chi connectivity index (χ3n) is 2.92. The first-order chi connectivity index (χ1) is 11.2. The van der Waals surface area contributed by atoms with E-state index in [1.807, 2.05) is 31.2 Å². The molecule has 0 heterocycles. The molecule has 0 atom stereocenters. The molecule has 0 aromatic heterocycles. The molecule has 0 aliphatic rings. The maximum absolute atomic E-state index is 11.4. The lowest BCUT2D eigenvalue weighted by Gasteiger charge is -2.12. The van der Waals surface area contributed by atoms with E-state index in [2.05, 4.69) is 20.9 Å². The predicted octanol–water partition coefficient (Wildman–Crippen LogP) is 1.13. The van der Waals surface area contributed by atoms with Gasteiger partial charge in [0.05, 0.1) is 6.61 Å². The Morgan fingerprint density at radius 2 is 2.04 bits per heavy atom. The van der Waals surface area contributed by atoms with Crippen molar-refractivity contribution in [1.29, 1.82) is 0 Å². The van der Waals surface area contributed by atoms with Crippen molar-refractivity contribution in [3.63, 3.8) is 0 Å². The van der Waals surface area contributed by atoms with Gasteiger partial charge in [-0.1, -0.05) is 12.1 Å². The summed E-state index contributed by atoms with van der Waals surface area (Å²) in [6.45, 7) is 4.39. The van der Waals surface area contributed by atoms with Gasteiger partial charge in [0, 0.05) is 33.8 Å². The lowest BCUT2D eigenvalue weighted by atomic mass is 10.2. The van der Waals surface area contributed by atoms with E-state index >= 15 is 0 Å². The summed E-state index contributed by atoms with van der Waals surface area (Å²) < 4.78 is 10.5. The molecule has 0 aliphatic carbocycles. The van der Waals surface area contributed by atoms with Gasteiger partial charge in [0.2, 0.25) is 0 Å². The fraction of sp³-hybridized carbons (Fsp3) is 0.500. The van der Waals surface area contributed by atoms with Crippen molar-refractivity contribution in [3.8, 4) is 5.75 Å². The van der Waals surface area contributed by atoms with Crippen LogP contribution in [0.4, 0.5) is 0 Å². The molecule has 8 heteroatoms. The summed E-state index contributed by atoms with van der Waals surface area (Å²) >= 11 is 0. The zero-order valence-electron chi connectivity index (χ0n) is 14.4. The molecule has 0 aliphatic heterocycles.